The van der Waals surface area contributed by atoms with Gasteiger partial charge in [-0.05, 0) is 25.1 Å². The second kappa shape index (κ2) is 8.36. The third kappa shape index (κ3) is 4.26. The number of carbonyl (C=O) groups is 1. The maximum absolute atomic E-state index is 13.3. The third-order valence-corrected chi connectivity index (χ3v) is 5.14. The van der Waals surface area contributed by atoms with Crippen molar-refractivity contribution in [1.82, 2.24) is 14.7 Å². The number of methoxy groups -OCH3 is 1. The van der Waals surface area contributed by atoms with E-state index in [9.17, 15) is 18.0 Å². The van der Waals surface area contributed by atoms with Crippen molar-refractivity contribution in [2.24, 2.45) is 7.05 Å². The van der Waals surface area contributed by atoms with Crippen LogP contribution in [-0.4, -0.2) is 60.0 Å². The summed E-state index contributed by atoms with van der Waals surface area (Å²) in [6, 6.07) is 4.92. The normalized spacial score (nSPS) is 17.2. The molecule has 0 bridgehead atoms. The number of aromatic nitrogens is 2. The Kier molecular flexibility index (Phi) is 6.03. The van der Waals surface area contributed by atoms with Gasteiger partial charge in [0.25, 0.3) is 5.91 Å². The summed E-state index contributed by atoms with van der Waals surface area (Å²) in [5.41, 5.74) is 0.0794. The van der Waals surface area contributed by atoms with Crippen LogP contribution in [0.25, 0.3) is 0 Å². The SMILES string of the molecule is COCC1CN(c2ccc(C#N)c(C(F)(F)F)c2)CCN1C(=O)c1cn(C)nc1C. The van der Waals surface area contributed by atoms with E-state index in [1.54, 1.807) is 40.7 Å². The van der Waals surface area contributed by atoms with E-state index in [2.05, 4.69) is 5.10 Å². The molecule has 0 N–H and O–H groups in total. The van der Waals surface area contributed by atoms with Crippen molar-refractivity contribution in [3.63, 3.8) is 0 Å². The summed E-state index contributed by atoms with van der Waals surface area (Å²) in [6.07, 6.45) is -2.97. The Morgan fingerprint density at radius 1 is 1.37 bits per heavy atom. The molecule has 0 aliphatic carbocycles. The highest BCUT2D eigenvalue weighted by molar-refractivity contribution is 5.95. The lowest BCUT2D eigenvalue weighted by Gasteiger charge is -2.42. The lowest BCUT2D eigenvalue weighted by atomic mass is 10.0. The first-order chi connectivity index (χ1) is 14.2. The minimum absolute atomic E-state index is 0.182. The Hall–Kier alpha value is -3.06. The summed E-state index contributed by atoms with van der Waals surface area (Å²) in [6.45, 7) is 2.98. The first kappa shape index (κ1) is 21.6. The van der Waals surface area contributed by atoms with Crippen LogP contribution < -0.4 is 4.90 Å². The summed E-state index contributed by atoms with van der Waals surface area (Å²) < 4.78 is 46.8. The standard InChI is InChI=1S/C20H22F3N5O2/c1-13-17(11-26(2)25-13)19(29)28-7-6-27(10-16(28)12-30-3)15-5-4-14(9-24)18(8-15)20(21,22)23/h4-5,8,11,16H,6-7,10,12H2,1-3H3. The number of carbonyl (C=O) groups excluding carboxylic acids is 1. The Bertz CT molecular complexity index is 980. The fourth-order valence-corrected chi connectivity index (χ4v) is 3.72. The van der Waals surface area contributed by atoms with E-state index in [0.29, 0.717) is 36.6 Å². The minimum atomic E-state index is -4.62. The van der Waals surface area contributed by atoms with E-state index in [-0.39, 0.29) is 18.6 Å². The van der Waals surface area contributed by atoms with Gasteiger partial charge in [-0.2, -0.15) is 23.5 Å². The maximum Gasteiger partial charge on any atom is 0.417 e. The number of rotatable bonds is 4. The van der Waals surface area contributed by atoms with Crippen LogP contribution >= 0.6 is 0 Å². The molecule has 1 fully saturated rings. The lowest BCUT2D eigenvalue weighted by molar-refractivity contribution is -0.137. The molecule has 160 valence electrons. The molecular formula is C20H22F3N5O2. The van der Waals surface area contributed by atoms with Gasteiger partial charge in [-0.15, -0.1) is 0 Å². The number of anilines is 1. The van der Waals surface area contributed by atoms with Gasteiger partial charge >= 0.3 is 6.18 Å². The van der Waals surface area contributed by atoms with E-state index in [1.165, 1.54) is 19.2 Å². The first-order valence-corrected chi connectivity index (χ1v) is 9.32. The fraction of sp³-hybridized carbons (Fsp3) is 0.450. The summed E-state index contributed by atoms with van der Waals surface area (Å²) in [4.78, 5) is 16.5. The van der Waals surface area contributed by atoms with Crippen molar-refractivity contribution in [3.05, 3.63) is 46.8 Å². The Labute approximate surface area is 172 Å². The van der Waals surface area contributed by atoms with Gasteiger partial charge in [0.15, 0.2) is 0 Å². The van der Waals surface area contributed by atoms with E-state index >= 15 is 0 Å². The zero-order chi connectivity index (χ0) is 22.1. The zero-order valence-corrected chi connectivity index (χ0v) is 16.9. The number of nitriles is 1. The molecule has 30 heavy (non-hydrogen) atoms. The van der Waals surface area contributed by atoms with Gasteiger partial charge < -0.3 is 14.5 Å². The molecular weight excluding hydrogens is 399 g/mol. The maximum atomic E-state index is 13.3. The van der Waals surface area contributed by atoms with E-state index in [1.807, 2.05) is 0 Å². The van der Waals surface area contributed by atoms with Gasteiger partial charge in [-0.3, -0.25) is 9.48 Å². The quantitative estimate of drug-likeness (QED) is 0.759. The summed E-state index contributed by atoms with van der Waals surface area (Å²) in [7, 11) is 3.25. The Morgan fingerprint density at radius 2 is 2.10 bits per heavy atom. The number of halogens is 3. The first-order valence-electron chi connectivity index (χ1n) is 9.32. The number of amides is 1. The van der Waals surface area contributed by atoms with Crippen LogP contribution in [-0.2, 0) is 18.0 Å². The van der Waals surface area contributed by atoms with Gasteiger partial charge in [0.05, 0.1) is 41.1 Å². The lowest BCUT2D eigenvalue weighted by Crippen LogP contribution is -2.57. The average Bonchev–Trinajstić information content (AvgIpc) is 3.04. The van der Waals surface area contributed by atoms with E-state index < -0.39 is 17.3 Å². The zero-order valence-electron chi connectivity index (χ0n) is 16.9. The number of aryl methyl sites for hydroxylation is 2. The molecule has 2 heterocycles. The molecule has 1 amide bonds. The Morgan fingerprint density at radius 3 is 2.67 bits per heavy atom. The predicted molar refractivity (Wildman–Crippen MR) is 103 cm³/mol. The van der Waals surface area contributed by atoms with Crippen LogP contribution in [0.5, 0.6) is 0 Å². The van der Waals surface area contributed by atoms with Crippen LogP contribution in [0.4, 0.5) is 18.9 Å². The number of hydrogen-bond donors (Lipinski definition) is 0. The minimum Gasteiger partial charge on any atom is -0.382 e. The molecule has 1 saturated heterocycles. The summed E-state index contributed by atoms with van der Waals surface area (Å²) in [5.74, 6) is -0.182. The van der Waals surface area contributed by atoms with Gasteiger partial charge in [-0.1, -0.05) is 0 Å². The van der Waals surface area contributed by atoms with Crippen LogP contribution in [0, 0.1) is 18.3 Å². The predicted octanol–water partition coefficient (Wildman–Crippen LogP) is 2.60. The molecule has 1 atom stereocenters. The monoisotopic (exact) mass is 421 g/mol. The number of nitrogens with zero attached hydrogens (tertiary/aromatic N) is 5. The van der Waals surface area contributed by atoms with Crippen molar-refractivity contribution >= 4 is 11.6 Å². The topological polar surface area (TPSA) is 74.4 Å². The van der Waals surface area contributed by atoms with Gasteiger partial charge in [-0.25, -0.2) is 0 Å². The van der Waals surface area contributed by atoms with Gasteiger partial charge in [0.1, 0.15) is 0 Å². The van der Waals surface area contributed by atoms with Crippen molar-refractivity contribution in [2.75, 3.05) is 38.3 Å². The fourth-order valence-electron chi connectivity index (χ4n) is 3.72. The molecule has 0 spiro atoms. The van der Waals surface area contributed by atoms with Crippen molar-refractivity contribution in [1.29, 1.82) is 5.26 Å². The number of ether oxygens (including phenoxy) is 1. The molecule has 1 aromatic carbocycles. The summed E-state index contributed by atoms with van der Waals surface area (Å²) >= 11 is 0. The van der Waals surface area contributed by atoms with Gasteiger partial charge in [0, 0.05) is 45.7 Å². The van der Waals surface area contributed by atoms with Crippen molar-refractivity contribution in [2.45, 2.75) is 19.1 Å². The molecule has 7 nitrogen and oxygen atoms in total. The molecule has 1 aliphatic rings. The molecule has 1 aromatic heterocycles. The van der Waals surface area contributed by atoms with E-state index in [4.69, 9.17) is 10.00 Å². The summed E-state index contributed by atoms with van der Waals surface area (Å²) in [5, 5.41) is 13.2. The average molecular weight is 421 g/mol. The second-order valence-electron chi connectivity index (χ2n) is 7.20. The van der Waals surface area contributed by atoms with E-state index in [0.717, 1.165) is 6.07 Å². The number of piperazine rings is 1. The highest BCUT2D eigenvalue weighted by atomic mass is 19.4. The molecule has 0 radical (unpaired) electrons. The van der Waals surface area contributed by atoms with Gasteiger partial charge in [0.2, 0.25) is 0 Å². The molecule has 2 aromatic rings. The van der Waals surface area contributed by atoms with Crippen LogP contribution in [0.2, 0.25) is 0 Å². The van der Waals surface area contributed by atoms with Crippen LogP contribution in [0.3, 0.4) is 0 Å². The number of hydrogen-bond acceptors (Lipinski definition) is 5. The molecule has 1 unspecified atom stereocenters. The van der Waals surface area contributed by atoms with Crippen LogP contribution in [0.1, 0.15) is 27.2 Å². The molecule has 10 heteroatoms. The third-order valence-electron chi connectivity index (χ3n) is 5.14. The highest BCUT2D eigenvalue weighted by Crippen LogP contribution is 2.35. The molecule has 3 rings (SSSR count). The number of alkyl halides is 3. The largest absolute Gasteiger partial charge is 0.417 e. The van der Waals surface area contributed by atoms with Crippen LogP contribution in [0.15, 0.2) is 24.4 Å². The highest BCUT2D eigenvalue weighted by Gasteiger charge is 2.36. The number of benzene rings is 1. The van der Waals surface area contributed by atoms with Crippen molar-refractivity contribution in [3.8, 4) is 6.07 Å². The Balaban J connectivity index is 1.86. The van der Waals surface area contributed by atoms with Crippen molar-refractivity contribution < 1.29 is 22.7 Å². The molecule has 1 aliphatic heterocycles. The smallest absolute Gasteiger partial charge is 0.382 e. The molecule has 0 saturated carbocycles. The second-order valence-corrected chi connectivity index (χ2v) is 7.20.